The lowest BCUT2D eigenvalue weighted by Crippen LogP contribution is -2.72. The molecule has 0 spiro atoms. The van der Waals surface area contributed by atoms with E-state index in [1.807, 2.05) is 0 Å². The predicted molar refractivity (Wildman–Crippen MR) is 101 cm³/mol. The fraction of sp³-hybridized carbons (Fsp3) is 0.739. The minimum atomic E-state index is -4.26. The van der Waals surface area contributed by atoms with Crippen LogP contribution in [-0.2, 0) is 0 Å². The molecule has 0 aliphatic heterocycles. The molecule has 0 saturated heterocycles. The Kier molecular flexibility index (Phi) is 5.13. The molecule has 168 valence electrons. The second kappa shape index (κ2) is 7.06. The van der Waals surface area contributed by atoms with Crippen LogP contribution in [-0.4, -0.2) is 18.5 Å². The van der Waals surface area contributed by atoms with E-state index in [2.05, 4.69) is 6.92 Å². The maximum Gasteiger partial charge on any atom is 0.319 e. The molecule has 4 aliphatic carbocycles. The van der Waals surface area contributed by atoms with Gasteiger partial charge in [-0.3, -0.25) is 0 Å². The van der Waals surface area contributed by atoms with Crippen LogP contribution in [0.25, 0.3) is 0 Å². The van der Waals surface area contributed by atoms with E-state index in [9.17, 15) is 8.78 Å². The van der Waals surface area contributed by atoms with Crippen LogP contribution in [0.3, 0.4) is 0 Å². The van der Waals surface area contributed by atoms with Crippen molar-refractivity contribution in [1.29, 1.82) is 0 Å². The van der Waals surface area contributed by atoms with Crippen LogP contribution in [0.2, 0.25) is 0 Å². The fourth-order valence-corrected chi connectivity index (χ4v) is 6.12. The monoisotopic (exact) mass is 434 g/mol. The van der Waals surface area contributed by atoms with E-state index in [-0.39, 0.29) is 31.2 Å². The molecule has 0 aromatic heterocycles. The van der Waals surface area contributed by atoms with Gasteiger partial charge < -0.3 is 4.74 Å². The van der Waals surface area contributed by atoms with Crippen molar-refractivity contribution in [2.24, 2.45) is 22.7 Å². The van der Waals surface area contributed by atoms with Crippen molar-refractivity contribution in [3.05, 3.63) is 29.3 Å². The summed E-state index contributed by atoms with van der Waals surface area (Å²) in [7, 11) is 0. The molecule has 4 aliphatic rings. The molecule has 1 aromatic carbocycles. The summed E-state index contributed by atoms with van der Waals surface area (Å²) in [4.78, 5) is 0. The van der Waals surface area contributed by atoms with Crippen LogP contribution in [0.4, 0.5) is 26.3 Å². The van der Waals surface area contributed by atoms with E-state index >= 15 is 17.6 Å². The van der Waals surface area contributed by atoms with Gasteiger partial charge in [0.05, 0.1) is 12.0 Å². The van der Waals surface area contributed by atoms with Gasteiger partial charge in [0.1, 0.15) is 0 Å². The second-order valence-electron chi connectivity index (χ2n) is 9.84. The zero-order valence-electron chi connectivity index (χ0n) is 17.3. The van der Waals surface area contributed by atoms with Gasteiger partial charge in [0.15, 0.2) is 11.6 Å². The third-order valence-corrected chi connectivity index (χ3v) is 8.33. The van der Waals surface area contributed by atoms with Gasteiger partial charge in [-0.25, -0.2) is 4.39 Å². The molecular formula is C23H28F6O. The number of ether oxygens (including phenoxy) is 1. The van der Waals surface area contributed by atoms with Crippen molar-refractivity contribution >= 4 is 0 Å². The van der Waals surface area contributed by atoms with Crippen LogP contribution in [0.15, 0.2) is 12.1 Å². The number of benzene rings is 1. The summed E-state index contributed by atoms with van der Waals surface area (Å²) in [6.07, 6.45) is 2.54. The number of rotatable bonds is 4. The van der Waals surface area contributed by atoms with Crippen LogP contribution in [0, 0.1) is 41.2 Å². The van der Waals surface area contributed by atoms with Crippen LogP contribution >= 0.6 is 0 Å². The standard InChI is InChI=1S/C23H28F6O/c1-14-3-6-16(7-4-14)21-11-9-20(10-12-21,22(26,27)23(21,28)29)13-30-17-8-5-15(2)18(24)19(17)25/h5,8,14,16H,3-4,6-7,9-13H2,1-2H3. The SMILES string of the molecule is Cc1ccc(OCC23CCC(C4CCC(C)CC4)(CC2)C(F)(F)C3(F)F)c(F)c1F. The maximum absolute atomic E-state index is 15.4. The Morgan fingerprint density at radius 2 is 1.47 bits per heavy atom. The smallest absolute Gasteiger partial charge is 0.319 e. The molecule has 0 unspecified atom stereocenters. The molecule has 2 bridgehead atoms. The number of alkyl halides is 4. The molecule has 0 N–H and O–H groups in total. The second-order valence-corrected chi connectivity index (χ2v) is 9.84. The maximum atomic E-state index is 15.4. The minimum Gasteiger partial charge on any atom is -0.490 e. The van der Waals surface area contributed by atoms with Gasteiger partial charge in [0.2, 0.25) is 5.82 Å². The molecule has 30 heavy (non-hydrogen) atoms. The number of hydrogen-bond donors (Lipinski definition) is 0. The molecule has 4 fully saturated rings. The zero-order chi connectivity index (χ0) is 21.9. The van der Waals surface area contributed by atoms with Crippen LogP contribution < -0.4 is 4.74 Å². The van der Waals surface area contributed by atoms with Gasteiger partial charge in [-0.2, -0.15) is 22.0 Å². The lowest BCUT2D eigenvalue weighted by atomic mass is 9.45. The summed E-state index contributed by atoms with van der Waals surface area (Å²) in [5.41, 5.74) is -3.70. The Labute approximate surface area is 173 Å². The average Bonchev–Trinajstić information content (AvgIpc) is 2.71. The average molecular weight is 434 g/mol. The van der Waals surface area contributed by atoms with Crippen molar-refractivity contribution in [2.45, 2.75) is 77.1 Å². The largest absolute Gasteiger partial charge is 0.490 e. The first-order valence-corrected chi connectivity index (χ1v) is 10.8. The van der Waals surface area contributed by atoms with Gasteiger partial charge in [0.25, 0.3) is 0 Å². The minimum absolute atomic E-state index is 0.0166. The molecule has 0 radical (unpaired) electrons. The summed E-state index contributed by atoms with van der Waals surface area (Å²) in [5, 5.41) is 0. The van der Waals surface area contributed by atoms with Gasteiger partial charge >= 0.3 is 11.8 Å². The van der Waals surface area contributed by atoms with E-state index in [0.717, 1.165) is 18.9 Å². The van der Waals surface area contributed by atoms with Gasteiger partial charge in [-0.1, -0.05) is 25.8 Å². The third-order valence-electron chi connectivity index (χ3n) is 8.33. The molecule has 0 atom stereocenters. The molecular weight excluding hydrogens is 406 g/mol. The highest BCUT2D eigenvalue weighted by Crippen LogP contribution is 2.73. The van der Waals surface area contributed by atoms with Gasteiger partial charge in [0, 0.05) is 5.41 Å². The summed E-state index contributed by atoms with van der Waals surface area (Å²) in [5.74, 6) is -11.3. The van der Waals surface area contributed by atoms with Crippen molar-refractivity contribution in [3.63, 3.8) is 0 Å². The normalized spacial score (nSPS) is 37.2. The number of halogens is 6. The van der Waals surface area contributed by atoms with E-state index in [4.69, 9.17) is 4.74 Å². The molecule has 5 rings (SSSR count). The fourth-order valence-electron chi connectivity index (χ4n) is 6.12. The first-order chi connectivity index (χ1) is 14.0. The first-order valence-electron chi connectivity index (χ1n) is 10.8. The Hall–Kier alpha value is -1.40. The van der Waals surface area contributed by atoms with E-state index in [0.29, 0.717) is 18.8 Å². The Bertz CT molecular complexity index is 804. The molecule has 1 aromatic rings. The van der Waals surface area contributed by atoms with E-state index in [1.54, 1.807) is 0 Å². The Morgan fingerprint density at radius 3 is 2.07 bits per heavy atom. The Balaban J connectivity index is 1.59. The van der Waals surface area contributed by atoms with E-state index in [1.165, 1.54) is 13.0 Å². The highest BCUT2D eigenvalue weighted by Gasteiger charge is 2.82. The molecule has 0 amide bonds. The topological polar surface area (TPSA) is 9.23 Å². The highest BCUT2D eigenvalue weighted by atomic mass is 19.3. The first kappa shape index (κ1) is 21.8. The van der Waals surface area contributed by atoms with Gasteiger partial charge in [-0.15, -0.1) is 0 Å². The molecule has 7 heteroatoms. The lowest BCUT2D eigenvalue weighted by molar-refractivity contribution is -0.382. The van der Waals surface area contributed by atoms with Crippen molar-refractivity contribution in [1.82, 2.24) is 0 Å². The highest BCUT2D eigenvalue weighted by molar-refractivity contribution is 5.30. The molecule has 1 nitrogen and oxygen atoms in total. The quantitative estimate of drug-likeness (QED) is 0.452. The van der Waals surface area contributed by atoms with Crippen LogP contribution in [0.5, 0.6) is 5.75 Å². The Morgan fingerprint density at radius 1 is 0.867 bits per heavy atom. The summed E-state index contributed by atoms with van der Waals surface area (Å²) < 4.78 is 94.7. The van der Waals surface area contributed by atoms with Crippen molar-refractivity contribution < 1.29 is 31.1 Å². The zero-order valence-corrected chi connectivity index (χ0v) is 17.3. The summed E-state index contributed by atoms with van der Waals surface area (Å²) in [6.45, 7) is 2.67. The van der Waals surface area contributed by atoms with Crippen LogP contribution in [0.1, 0.15) is 63.9 Å². The van der Waals surface area contributed by atoms with Crippen molar-refractivity contribution in [3.8, 4) is 5.75 Å². The summed E-state index contributed by atoms with van der Waals surface area (Å²) in [6, 6.07) is 2.43. The molecule has 4 saturated carbocycles. The predicted octanol–water partition coefficient (Wildman–Crippen LogP) is 7.31. The number of fused-ring (bicyclic) bond motifs is 3. The lowest BCUT2D eigenvalue weighted by Gasteiger charge is -2.63. The van der Waals surface area contributed by atoms with Crippen molar-refractivity contribution in [2.75, 3.05) is 6.61 Å². The van der Waals surface area contributed by atoms with Gasteiger partial charge in [-0.05, 0) is 68.9 Å². The van der Waals surface area contributed by atoms with E-state index < -0.39 is 52.6 Å². The summed E-state index contributed by atoms with van der Waals surface area (Å²) >= 11 is 0. The number of hydrogen-bond acceptors (Lipinski definition) is 1. The molecule has 0 heterocycles. The number of aryl methyl sites for hydroxylation is 1. The third kappa shape index (κ3) is 2.82.